The Hall–Kier alpha value is -3.58. The van der Waals surface area contributed by atoms with E-state index in [0.29, 0.717) is 5.92 Å². The minimum atomic E-state index is 0.507. The van der Waals surface area contributed by atoms with E-state index in [1.807, 2.05) is 26.0 Å². The lowest BCUT2D eigenvalue weighted by molar-refractivity contribution is 0.856. The van der Waals surface area contributed by atoms with E-state index in [-0.39, 0.29) is 0 Å². The van der Waals surface area contributed by atoms with Gasteiger partial charge in [-0.3, -0.25) is 0 Å². The summed E-state index contributed by atoms with van der Waals surface area (Å²) in [5.74, 6) is 0.507. The van der Waals surface area contributed by atoms with Gasteiger partial charge in [0.2, 0.25) is 0 Å². The van der Waals surface area contributed by atoms with Crippen molar-refractivity contribution in [1.82, 2.24) is 0 Å². The SMILES string of the molecule is C=Cc1c(N)cc2c(cc(/C=C/c3ccc(C)c(C(C)C)c3)c3ccccc32)c1C=C.CC. The molecule has 0 unspecified atom stereocenters. The van der Waals surface area contributed by atoms with Crippen LogP contribution in [0.3, 0.4) is 0 Å². The Morgan fingerprint density at radius 3 is 2.06 bits per heavy atom. The van der Waals surface area contributed by atoms with Crippen LogP contribution in [-0.4, -0.2) is 0 Å². The number of aryl methyl sites for hydroxylation is 1. The topological polar surface area (TPSA) is 26.0 Å². The Balaban J connectivity index is 0.00000149. The van der Waals surface area contributed by atoms with E-state index in [0.717, 1.165) is 27.6 Å². The second kappa shape index (κ2) is 10.4. The van der Waals surface area contributed by atoms with Crippen molar-refractivity contribution in [2.24, 2.45) is 0 Å². The van der Waals surface area contributed by atoms with Crippen molar-refractivity contribution in [2.75, 3.05) is 5.73 Å². The van der Waals surface area contributed by atoms with Crippen molar-refractivity contribution in [1.29, 1.82) is 0 Å². The second-order valence-electron chi connectivity index (χ2n) is 8.41. The molecular weight excluding hydrogens is 398 g/mol. The average Bonchev–Trinajstić information content (AvgIpc) is 2.83. The van der Waals surface area contributed by atoms with E-state index in [4.69, 9.17) is 5.73 Å². The Morgan fingerprint density at radius 2 is 1.42 bits per heavy atom. The Kier molecular flexibility index (Phi) is 7.55. The van der Waals surface area contributed by atoms with E-state index in [1.165, 1.54) is 33.0 Å². The molecule has 0 aliphatic rings. The third-order valence-corrected chi connectivity index (χ3v) is 6.10. The van der Waals surface area contributed by atoms with Crippen molar-refractivity contribution in [3.63, 3.8) is 0 Å². The highest BCUT2D eigenvalue weighted by Crippen LogP contribution is 2.36. The Morgan fingerprint density at radius 1 is 0.758 bits per heavy atom. The van der Waals surface area contributed by atoms with Gasteiger partial charge in [-0.25, -0.2) is 0 Å². The van der Waals surface area contributed by atoms with Crippen LogP contribution in [-0.2, 0) is 0 Å². The summed E-state index contributed by atoms with van der Waals surface area (Å²) in [4.78, 5) is 0. The quantitative estimate of drug-likeness (QED) is 0.189. The molecule has 0 aromatic heterocycles. The molecule has 0 atom stereocenters. The van der Waals surface area contributed by atoms with Gasteiger partial charge in [0.15, 0.2) is 0 Å². The highest BCUT2D eigenvalue weighted by Gasteiger charge is 2.12. The van der Waals surface area contributed by atoms with Crippen LogP contribution in [0.1, 0.15) is 67.0 Å². The van der Waals surface area contributed by atoms with Crippen LogP contribution in [0, 0.1) is 6.92 Å². The highest BCUT2D eigenvalue weighted by molar-refractivity contribution is 6.15. The van der Waals surface area contributed by atoms with Gasteiger partial charge in [-0.1, -0.05) is 108 Å². The van der Waals surface area contributed by atoms with Gasteiger partial charge in [-0.15, -0.1) is 0 Å². The molecule has 0 radical (unpaired) electrons. The Bertz CT molecular complexity index is 1350. The molecule has 0 aliphatic carbocycles. The number of benzene rings is 4. The number of hydrogen-bond donors (Lipinski definition) is 1. The summed E-state index contributed by atoms with van der Waals surface area (Å²) in [6.07, 6.45) is 8.12. The third-order valence-electron chi connectivity index (χ3n) is 6.10. The monoisotopic (exact) mass is 433 g/mol. The van der Waals surface area contributed by atoms with Gasteiger partial charge in [-0.05, 0) is 74.3 Å². The molecule has 4 aromatic carbocycles. The Labute approximate surface area is 199 Å². The number of hydrogen-bond acceptors (Lipinski definition) is 1. The fourth-order valence-corrected chi connectivity index (χ4v) is 4.49. The first-order chi connectivity index (χ1) is 15.9. The standard InChI is InChI=1S/C30H29N.C2H6/c1-6-23-24(7-2)30(31)18-29-26-11-9-8-10-25(26)22(17-28(23)29)15-14-21-13-12-20(5)27(16-21)19(3)4;1-2/h6-19H,1-2,31H2,3-5H3;1-2H3/b15-14+;. The van der Waals surface area contributed by atoms with E-state index in [1.54, 1.807) is 0 Å². The van der Waals surface area contributed by atoms with Crippen LogP contribution in [0.4, 0.5) is 5.69 Å². The van der Waals surface area contributed by atoms with Gasteiger partial charge in [0, 0.05) is 11.3 Å². The smallest absolute Gasteiger partial charge is 0.0400 e. The van der Waals surface area contributed by atoms with Crippen molar-refractivity contribution < 1.29 is 0 Å². The molecular formula is C32H35N. The lowest BCUT2D eigenvalue weighted by Gasteiger charge is -2.15. The zero-order valence-electron chi connectivity index (χ0n) is 20.6. The molecule has 4 rings (SSSR count). The number of nitrogens with two attached hydrogens (primary N) is 1. The molecule has 4 aromatic rings. The van der Waals surface area contributed by atoms with Gasteiger partial charge in [0.25, 0.3) is 0 Å². The summed E-state index contributed by atoms with van der Waals surface area (Å²) >= 11 is 0. The van der Waals surface area contributed by atoms with Gasteiger partial charge in [0.05, 0.1) is 0 Å². The fraction of sp³-hybridized carbons (Fsp3) is 0.188. The lowest BCUT2D eigenvalue weighted by Crippen LogP contribution is -1.95. The maximum atomic E-state index is 6.35. The van der Waals surface area contributed by atoms with Crippen molar-refractivity contribution in [3.05, 3.63) is 101 Å². The summed E-state index contributed by atoms with van der Waals surface area (Å²) in [6, 6.07) is 19.5. The number of rotatable bonds is 5. The highest BCUT2D eigenvalue weighted by atomic mass is 14.6. The van der Waals surface area contributed by atoms with Gasteiger partial charge < -0.3 is 5.73 Å². The first kappa shape index (κ1) is 24.1. The molecule has 0 aliphatic heterocycles. The average molecular weight is 434 g/mol. The number of fused-ring (bicyclic) bond motifs is 3. The molecule has 1 heteroatoms. The van der Waals surface area contributed by atoms with Crippen molar-refractivity contribution in [3.8, 4) is 0 Å². The predicted octanol–water partition coefficient (Wildman–Crippen LogP) is 9.49. The number of nitrogen functional groups attached to an aromatic ring is 1. The molecule has 0 heterocycles. The van der Waals surface area contributed by atoms with E-state index in [9.17, 15) is 0 Å². The summed E-state index contributed by atoms with van der Waals surface area (Å²) in [7, 11) is 0. The van der Waals surface area contributed by atoms with E-state index < -0.39 is 0 Å². The van der Waals surface area contributed by atoms with Crippen LogP contribution in [0.5, 0.6) is 0 Å². The van der Waals surface area contributed by atoms with Crippen LogP contribution in [0.25, 0.3) is 45.8 Å². The third kappa shape index (κ3) is 4.64. The lowest BCUT2D eigenvalue weighted by atomic mass is 9.90. The van der Waals surface area contributed by atoms with Crippen molar-refractivity contribution in [2.45, 2.75) is 40.5 Å². The van der Waals surface area contributed by atoms with Gasteiger partial charge in [-0.2, -0.15) is 0 Å². The summed E-state index contributed by atoms with van der Waals surface area (Å²) in [6.45, 7) is 18.7. The fourth-order valence-electron chi connectivity index (χ4n) is 4.49. The molecule has 168 valence electrons. The molecule has 2 N–H and O–H groups in total. The zero-order valence-corrected chi connectivity index (χ0v) is 20.6. The van der Waals surface area contributed by atoms with Crippen LogP contribution >= 0.6 is 0 Å². The molecule has 0 bridgehead atoms. The minimum absolute atomic E-state index is 0.507. The maximum Gasteiger partial charge on any atom is 0.0400 e. The largest absolute Gasteiger partial charge is 0.398 e. The molecule has 0 saturated heterocycles. The van der Waals surface area contributed by atoms with E-state index >= 15 is 0 Å². The summed E-state index contributed by atoms with van der Waals surface area (Å²) in [5.41, 5.74) is 14.2. The molecule has 1 nitrogen and oxygen atoms in total. The first-order valence-electron chi connectivity index (χ1n) is 11.8. The maximum absolute atomic E-state index is 6.35. The van der Waals surface area contributed by atoms with Crippen molar-refractivity contribution >= 4 is 51.5 Å². The number of anilines is 1. The van der Waals surface area contributed by atoms with Crippen LogP contribution < -0.4 is 5.73 Å². The van der Waals surface area contributed by atoms with E-state index in [2.05, 4.69) is 101 Å². The molecule has 33 heavy (non-hydrogen) atoms. The molecule has 0 spiro atoms. The normalized spacial score (nSPS) is 11.1. The molecule has 0 fully saturated rings. The minimum Gasteiger partial charge on any atom is -0.398 e. The van der Waals surface area contributed by atoms with Gasteiger partial charge >= 0.3 is 0 Å². The predicted molar refractivity (Wildman–Crippen MR) is 152 cm³/mol. The second-order valence-corrected chi connectivity index (χ2v) is 8.41. The first-order valence-corrected chi connectivity index (χ1v) is 11.8. The van der Waals surface area contributed by atoms with Crippen LogP contribution in [0.15, 0.2) is 67.8 Å². The molecule has 0 saturated carbocycles. The summed E-state index contributed by atoms with van der Waals surface area (Å²) in [5, 5.41) is 4.69. The van der Waals surface area contributed by atoms with Gasteiger partial charge in [0.1, 0.15) is 0 Å². The molecule has 0 amide bonds. The zero-order chi connectivity index (χ0) is 24.1. The van der Waals surface area contributed by atoms with Crippen LogP contribution in [0.2, 0.25) is 0 Å². The summed E-state index contributed by atoms with van der Waals surface area (Å²) < 4.78 is 0.